The molecule has 0 atom stereocenters. The zero-order valence-corrected chi connectivity index (χ0v) is 15.7. The Morgan fingerprint density at radius 1 is 1.15 bits per heavy atom. The number of urea groups is 1. The molecule has 2 heterocycles. The second-order valence-corrected chi connectivity index (χ2v) is 7.05. The van der Waals surface area contributed by atoms with Crippen LogP contribution < -0.4 is 15.5 Å². The molecule has 0 unspecified atom stereocenters. The molecule has 2 aliphatic rings. The maximum absolute atomic E-state index is 12.2. The summed E-state index contributed by atoms with van der Waals surface area (Å²) < 4.78 is 0. The summed E-state index contributed by atoms with van der Waals surface area (Å²) in [5.41, 5.74) is 0.680. The van der Waals surface area contributed by atoms with Crippen LogP contribution >= 0.6 is 0 Å². The highest BCUT2D eigenvalue weighted by molar-refractivity contribution is 5.89. The molecule has 142 valence electrons. The van der Waals surface area contributed by atoms with Crippen LogP contribution in [0.2, 0.25) is 0 Å². The summed E-state index contributed by atoms with van der Waals surface area (Å²) in [4.78, 5) is 32.8. The first-order chi connectivity index (χ1) is 12.6. The van der Waals surface area contributed by atoms with E-state index in [1.54, 1.807) is 6.20 Å². The van der Waals surface area contributed by atoms with Gasteiger partial charge in [0.1, 0.15) is 5.82 Å². The van der Waals surface area contributed by atoms with E-state index in [4.69, 9.17) is 0 Å². The van der Waals surface area contributed by atoms with Gasteiger partial charge < -0.3 is 20.4 Å². The summed E-state index contributed by atoms with van der Waals surface area (Å²) in [6, 6.07) is 3.69. The van der Waals surface area contributed by atoms with E-state index in [-0.39, 0.29) is 18.0 Å². The Balaban J connectivity index is 1.43. The summed E-state index contributed by atoms with van der Waals surface area (Å²) in [5.74, 6) is 1.48. The van der Waals surface area contributed by atoms with Gasteiger partial charge in [-0.05, 0) is 51.7 Å². The van der Waals surface area contributed by atoms with Crippen LogP contribution in [0.15, 0.2) is 18.3 Å². The van der Waals surface area contributed by atoms with E-state index < -0.39 is 0 Å². The number of nitrogens with zero attached hydrogens (tertiary/aromatic N) is 3. The lowest BCUT2D eigenvalue weighted by Crippen LogP contribution is -2.47. The average Bonchev–Trinajstić information content (AvgIpc) is 3.49. The van der Waals surface area contributed by atoms with E-state index in [1.807, 2.05) is 17.0 Å². The number of rotatable bonds is 6. The largest absolute Gasteiger partial charge is 0.357 e. The van der Waals surface area contributed by atoms with Crippen molar-refractivity contribution in [2.75, 3.05) is 36.4 Å². The Labute approximate surface area is 155 Å². The number of piperidine rings is 1. The number of aromatic nitrogens is 1. The molecule has 1 aromatic heterocycles. The van der Waals surface area contributed by atoms with Crippen molar-refractivity contribution in [3.63, 3.8) is 0 Å². The van der Waals surface area contributed by atoms with Gasteiger partial charge in [0.05, 0.1) is 11.9 Å². The van der Waals surface area contributed by atoms with Gasteiger partial charge >= 0.3 is 6.03 Å². The van der Waals surface area contributed by atoms with Crippen molar-refractivity contribution in [2.24, 2.45) is 5.92 Å². The summed E-state index contributed by atoms with van der Waals surface area (Å²) in [7, 11) is 0. The highest BCUT2D eigenvalue weighted by atomic mass is 16.2. The molecular formula is C19H29N5O2. The van der Waals surface area contributed by atoms with E-state index in [1.165, 1.54) is 0 Å². The summed E-state index contributed by atoms with van der Waals surface area (Å²) in [6.07, 6.45) is 5.39. The monoisotopic (exact) mass is 359 g/mol. The zero-order chi connectivity index (χ0) is 18.5. The highest BCUT2D eigenvalue weighted by Crippen LogP contribution is 2.31. The van der Waals surface area contributed by atoms with E-state index in [0.717, 1.165) is 57.7 Å². The molecule has 1 aromatic rings. The van der Waals surface area contributed by atoms with Gasteiger partial charge in [0, 0.05) is 38.1 Å². The summed E-state index contributed by atoms with van der Waals surface area (Å²) in [6.45, 7) is 7.46. The summed E-state index contributed by atoms with van der Waals surface area (Å²) in [5, 5.41) is 5.85. The van der Waals surface area contributed by atoms with Crippen molar-refractivity contribution in [3.05, 3.63) is 18.3 Å². The zero-order valence-electron chi connectivity index (χ0n) is 15.7. The van der Waals surface area contributed by atoms with Gasteiger partial charge in [0.25, 0.3) is 0 Å². The first-order valence-corrected chi connectivity index (χ1v) is 9.68. The molecule has 1 aliphatic carbocycles. The molecule has 1 aliphatic heterocycles. The van der Waals surface area contributed by atoms with Crippen LogP contribution in [-0.2, 0) is 4.79 Å². The molecule has 3 amide bonds. The van der Waals surface area contributed by atoms with Gasteiger partial charge in [-0.2, -0.15) is 0 Å². The third-order valence-electron chi connectivity index (χ3n) is 5.16. The number of pyridine rings is 1. The third-order valence-corrected chi connectivity index (χ3v) is 5.16. The second kappa shape index (κ2) is 8.38. The first kappa shape index (κ1) is 18.5. The molecule has 2 fully saturated rings. The molecule has 7 nitrogen and oxygen atoms in total. The lowest BCUT2D eigenvalue weighted by atomic mass is 10.0. The average molecular weight is 359 g/mol. The highest BCUT2D eigenvalue weighted by Gasteiger charge is 2.35. The van der Waals surface area contributed by atoms with Crippen LogP contribution in [0.3, 0.4) is 0 Å². The van der Waals surface area contributed by atoms with E-state index in [2.05, 4.69) is 34.4 Å². The second-order valence-electron chi connectivity index (χ2n) is 7.05. The Kier molecular flexibility index (Phi) is 5.96. The standard InChI is InChI=1S/C19H29N5O2/c1-3-23(4-2)17-8-7-16(13-20-17)22-19(26)21-15-9-11-24(12-10-15)18(25)14-5-6-14/h7-8,13-15H,3-6,9-12H2,1-2H3,(H2,21,22,26). The predicted molar refractivity (Wildman–Crippen MR) is 102 cm³/mol. The van der Waals surface area contributed by atoms with Crippen LogP contribution in [-0.4, -0.2) is 54.0 Å². The molecular weight excluding hydrogens is 330 g/mol. The molecule has 3 rings (SSSR count). The number of hydrogen-bond donors (Lipinski definition) is 2. The topological polar surface area (TPSA) is 77.6 Å². The Morgan fingerprint density at radius 2 is 1.85 bits per heavy atom. The molecule has 0 radical (unpaired) electrons. The number of likely N-dealkylation sites (tertiary alicyclic amines) is 1. The van der Waals surface area contributed by atoms with Gasteiger partial charge in [-0.15, -0.1) is 0 Å². The maximum Gasteiger partial charge on any atom is 0.319 e. The van der Waals surface area contributed by atoms with Crippen molar-refractivity contribution in [2.45, 2.75) is 45.6 Å². The molecule has 0 aromatic carbocycles. The number of hydrogen-bond acceptors (Lipinski definition) is 4. The van der Waals surface area contributed by atoms with Gasteiger partial charge in [-0.1, -0.05) is 0 Å². The van der Waals surface area contributed by atoms with Gasteiger partial charge in [0.15, 0.2) is 0 Å². The van der Waals surface area contributed by atoms with Crippen molar-refractivity contribution < 1.29 is 9.59 Å². The molecule has 26 heavy (non-hydrogen) atoms. The van der Waals surface area contributed by atoms with Gasteiger partial charge in [-0.3, -0.25) is 4.79 Å². The minimum absolute atomic E-state index is 0.112. The Hall–Kier alpha value is -2.31. The lowest BCUT2D eigenvalue weighted by Gasteiger charge is -2.32. The third kappa shape index (κ3) is 4.65. The van der Waals surface area contributed by atoms with Gasteiger partial charge in [0.2, 0.25) is 5.91 Å². The molecule has 2 N–H and O–H groups in total. The minimum atomic E-state index is -0.214. The number of nitrogens with one attached hydrogen (secondary N) is 2. The van der Waals surface area contributed by atoms with E-state index in [9.17, 15) is 9.59 Å². The fraction of sp³-hybridized carbons (Fsp3) is 0.632. The van der Waals surface area contributed by atoms with Crippen LogP contribution in [0.4, 0.5) is 16.3 Å². The fourth-order valence-electron chi connectivity index (χ4n) is 3.38. The SMILES string of the molecule is CCN(CC)c1ccc(NC(=O)NC2CCN(C(=O)C3CC3)CC2)cn1. The molecule has 7 heteroatoms. The predicted octanol–water partition coefficient (Wildman–Crippen LogP) is 2.45. The van der Waals surface area contributed by atoms with E-state index >= 15 is 0 Å². The number of amides is 3. The molecule has 1 saturated heterocycles. The normalized spacial score (nSPS) is 17.7. The first-order valence-electron chi connectivity index (χ1n) is 9.68. The lowest BCUT2D eigenvalue weighted by molar-refractivity contribution is -0.133. The van der Waals surface area contributed by atoms with Crippen molar-refractivity contribution in [3.8, 4) is 0 Å². The Morgan fingerprint density at radius 3 is 2.38 bits per heavy atom. The minimum Gasteiger partial charge on any atom is -0.357 e. The van der Waals surface area contributed by atoms with E-state index in [0.29, 0.717) is 11.6 Å². The fourth-order valence-corrected chi connectivity index (χ4v) is 3.38. The molecule has 0 spiro atoms. The number of carbonyl (C=O) groups excluding carboxylic acids is 2. The van der Waals surface area contributed by atoms with Crippen molar-refractivity contribution in [1.29, 1.82) is 0 Å². The smallest absolute Gasteiger partial charge is 0.319 e. The van der Waals surface area contributed by atoms with Gasteiger partial charge in [-0.25, -0.2) is 9.78 Å². The summed E-state index contributed by atoms with van der Waals surface area (Å²) >= 11 is 0. The quantitative estimate of drug-likeness (QED) is 0.818. The van der Waals surface area contributed by atoms with Crippen LogP contribution in [0.25, 0.3) is 0 Å². The number of carbonyl (C=O) groups is 2. The van der Waals surface area contributed by atoms with Crippen LogP contribution in [0.1, 0.15) is 39.5 Å². The van der Waals surface area contributed by atoms with Crippen LogP contribution in [0, 0.1) is 5.92 Å². The van der Waals surface area contributed by atoms with Crippen molar-refractivity contribution >= 4 is 23.4 Å². The molecule has 0 bridgehead atoms. The Bertz CT molecular complexity index is 617. The van der Waals surface area contributed by atoms with Crippen molar-refractivity contribution in [1.82, 2.24) is 15.2 Å². The number of anilines is 2. The molecule has 1 saturated carbocycles. The van der Waals surface area contributed by atoms with Crippen LogP contribution in [0.5, 0.6) is 0 Å². The maximum atomic E-state index is 12.2.